The van der Waals surface area contributed by atoms with Crippen LogP contribution in [0.3, 0.4) is 0 Å². The predicted octanol–water partition coefficient (Wildman–Crippen LogP) is -0.252. The zero-order valence-corrected chi connectivity index (χ0v) is 11.5. The average molecular weight is 240 g/mol. The molecule has 0 radical (unpaired) electrons. The van der Waals surface area contributed by atoms with Gasteiger partial charge < -0.3 is 9.80 Å². The van der Waals surface area contributed by atoms with Gasteiger partial charge in [0, 0.05) is 12.8 Å². The van der Waals surface area contributed by atoms with Crippen LogP contribution < -0.4 is 9.80 Å². The molecule has 0 aliphatic carbocycles. The zero-order valence-electron chi connectivity index (χ0n) is 10.7. The summed E-state index contributed by atoms with van der Waals surface area (Å²) < 4.78 is 0. The van der Waals surface area contributed by atoms with Crippen LogP contribution in [0.15, 0.2) is 11.4 Å². The highest BCUT2D eigenvalue weighted by molar-refractivity contribution is 7.10. The summed E-state index contributed by atoms with van der Waals surface area (Å²) in [6, 6.07) is 3.12. The van der Waals surface area contributed by atoms with E-state index in [0.29, 0.717) is 0 Å². The van der Waals surface area contributed by atoms with Crippen molar-refractivity contribution in [1.82, 2.24) is 0 Å². The second kappa shape index (κ2) is 5.30. The molecule has 1 unspecified atom stereocenters. The molecule has 1 aliphatic rings. The normalized spacial score (nSPS) is 27.9. The number of nitrogens with one attached hydrogen (secondary N) is 2. The lowest BCUT2D eigenvalue weighted by Gasteiger charge is -2.30. The highest BCUT2D eigenvalue weighted by Crippen LogP contribution is 2.14. The topological polar surface area (TPSA) is 8.88 Å². The van der Waals surface area contributed by atoms with Gasteiger partial charge in [0.1, 0.15) is 6.54 Å². The molecule has 1 atom stereocenters. The fourth-order valence-electron chi connectivity index (χ4n) is 2.59. The second-order valence-electron chi connectivity index (χ2n) is 5.28. The molecule has 1 aromatic heterocycles. The second-order valence-corrected chi connectivity index (χ2v) is 6.28. The van der Waals surface area contributed by atoms with Crippen LogP contribution in [0.25, 0.3) is 0 Å². The Labute approximate surface area is 103 Å². The van der Waals surface area contributed by atoms with Crippen LogP contribution in [0.2, 0.25) is 0 Å². The Bertz CT molecular complexity index is 326. The Morgan fingerprint density at radius 3 is 2.69 bits per heavy atom. The molecule has 2 nitrogen and oxygen atoms in total. The molecule has 1 fully saturated rings. The first-order valence-electron chi connectivity index (χ1n) is 6.33. The molecule has 1 saturated heterocycles. The summed E-state index contributed by atoms with van der Waals surface area (Å²) in [6.07, 6.45) is 2.78. The van der Waals surface area contributed by atoms with E-state index >= 15 is 0 Å². The molecule has 3 heteroatoms. The fourth-order valence-corrected chi connectivity index (χ4v) is 3.59. The van der Waals surface area contributed by atoms with Gasteiger partial charge in [-0.1, -0.05) is 0 Å². The molecule has 0 bridgehead atoms. The maximum absolute atomic E-state index is 2.37. The number of thiophene rings is 1. The van der Waals surface area contributed by atoms with Gasteiger partial charge in [-0.15, -0.1) is 11.3 Å². The van der Waals surface area contributed by atoms with E-state index in [2.05, 4.69) is 32.5 Å². The van der Waals surface area contributed by atoms with Gasteiger partial charge in [-0.25, -0.2) is 0 Å². The van der Waals surface area contributed by atoms with Gasteiger partial charge in [-0.2, -0.15) is 0 Å². The summed E-state index contributed by atoms with van der Waals surface area (Å²) in [4.78, 5) is 4.98. The monoisotopic (exact) mass is 240 g/mol. The minimum absolute atomic E-state index is 0.880. The number of aryl methyl sites for hydroxylation is 1. The van der Waals surface area contributed by atoms with Crippen LogP contribution in [0.5, 0.6) is 0 Å². The first kappa shape index (κ1) is 12.1. The molecule has 90 valence electrons. The fraction of sp³-hybridized carbons (Fsp3) is 0.692. The summed E-state index contributed by atoms with van der Waals surface area (Å²) in [7, 11) is 4.68. The van der Waals surface area contributed by atoms with Gasteiger partial charge in [0.2, 0.25) is 0 Å². The Kier molecular flexibility index (Phi) is 4.00. The van der Waals surface area contributed by atoms with E-state index in [0.717, 1.165) is 6.04 Å². The molecule has 2 N–H and O–H groups in total. The Hall–Kier alpha value is -0.380. The summed E-state index contributed by atoms with van der Waals surface area (Å²) >= 11 is 1.92. The molecule has 16 heavy (non-hydrogen) atoms. The molecule has 2 heterocycles. The quantitative estimate of drug-likeness (QED) is 0.721. The van der Waals surface area contributed by atoms with E-state index in [1.54, 1.807) is 14.7 Å². The van der Waals surface area contributed by atoms with Crippen molar-refractivity contribution in [3.8, 4) is 0 Å². The molecule has 2 rings (SSSR count). The van der Waals surface area contributed by atoms with Crippen molar-refractivity contribution >= 4 is 11.3 Å². The van der Waals surface area contributed by atoms with E-state index in [1.807, 2.05) is 11.3 Å². The predicted molar refractivity (Wildman–Crippen MR) is 69.3 cm³/mol. The Morgan fingerprint density at radius 1 is 1.44 bits per heavy atom. The highest BCUT2D eigenvalue weighted by atomic mass is 32.1. The standard InChI is InChI=1S/C13H22N2S/c1-11-6-9-16-13(11)10-15(3)12-4-7-14(2)8-5-12/h6,9,12H,4-5,7-8,10H2,1-3H3/p+2. The van der Waals surface area contributed by atoms with Crippen LogP contribution in [0, 0.1) is 6.92 Å². The number of rotatable bonds is 3. The van der Waals surface area contributed by atoms with Crippen LogP contribution in [0.4, 0.5) is 0 Å². The van der Waals surface area contributed by atoms with E-state index in [4.69, 9.17) is 0 Å². The summed E-state index contributed by atoms with van der Waals surface area (Å²) in [5.41, 5.74) is 1.47. The minimum atomic E-state index is 0.880. The molecule has 0 aromatic carbocycles. The average Bonchev–Trinajstić information content (AvgIpc) is 2.65. The molecule has 0 amide bonds. The Morgan fingerprint density at radius 2 is 2.12 bits per heavy atom. The van der Waals surface area contributed by atoms with E-state index in [-0.39, 0.29) is 0 Å². The summed E-state index contributed by atoms with van der Waals surface area (Å²) in [5, 5.41) is 2.22. The highest BCUT2D eigenvalue weighted by Gasteiger charge is 2.26. The molecule has 0 saturated carbocycles. The van der Waals surface area contributed by atoms with Crippen molar-refractivity contribution in [1.29, 1.82) is 0 Å². The van der Waals surface area contributed by atoms with Crippen LogP contribution in [-0.2, 0) is 6.54 Å². The van der Waals surface area contributed by atoms with Crippen molar-refractivity contribution in [2.45, 2.75) is 32.4 Å². The van der Waals surface area contributed by atoms with E-state index in [9.17, 15) is 0 Å². The number of piperidine rings is 1. The Balaban J connectivity index is 1.88. The first-order valence-corrected chi connectivity index (χ1v) is 7.21. The summed E-state index contributed by atoms with van der Waals surface area (Å²) in [6.45, 7) is 6.15. The molecule has 1 aromatic rings. The molecular formula is C13H24N2S+2. The maximum Gasteiger partial charge on any atom is 0.112 e. The smallest absolute Gasteiger partial charge is 0.112 e. The van der Waals surface area contributed by atoms with Gasteiger partial charge in [0.25, 0.3) is 0 Å². The summed E-state index contributed by atoms with van der Waals surface area (Å²) in [5.74, 6) is 0. The number of likely N-dealkylation sites (tertiary alicyclic amines) is 1. The van der Waals surface area contributed by atoms with Crippen molar-refractivity contribution in [2.24, 2.45) is 0 Å². The largest absolute Gasteiger partial charge is 0.337 e. The van der Waals surface area contributed by atoms with Crippen LogP contribution >= 0.6 is 11.3 Å². The third-order valence-electron chi connectivity index (χ3n) is 3.94. The van der Waals surface area contributed by atoms with Gasteiger partial charge in [0.05, 0.1) is 38.1 Å². The lowest BCUT2D eigenvalue weighted by atomic mass is 10.0. The lowest BCUT2D eigenvalue weighted by Crippen LogP contribution is -3.17. The maximum atomic E-state index is 2.37. The minimum Gasteiger partial charge on any atom is -0.337 e. The zero-order chi connectivity index (χ0) is 11.5. The van der Waals surface area contributed by atoms with E-state index in [1.165, 1.54) is 38.0 Å². The molecule has 1 aliphatic heterocycles. The molecule has 0 spiro atoms. The van der Waals surface area contributed by atoms with Crippen molar-refractivity contribution in [3.63, 3.8) is 0 Å². The van der Waals surface area contributed by atoms with Gasteiger partial charge in [-0.3, -0.25) is 0 Å². The van der Waals surface area contributed by atoms with Crippen molar-refractivity contribution in [3.05, 3.63) is 21.9 Å². The van der Waals surface area contributed by atoms with Crippen molar-refractivity contribution in [2.75, 3.05) is 27.2 Å². The van der Waals surface area contributed by atoms with Crippen LogP contribution in [-0.4, -0.2) is 33.2 Å². The third kappa shape index (κ3) is 2.84. The molecular weight excluding hydrogens is 216 g/mol. The van der Waals surface area contributed by atoms with Gasteiger partial charge in [-0.05, 0) is 23.9 Å². The number of hydrogen-bond acceptors (Lipinski definition) is 1. The third-order valence-corrected chi connectivity index (χ3v) is 4.97. The van der Waals surface area contributed by atoms with Gasteiger partial charge >= 0.3 is 0 Å². The SMILES string of the molecule is Cc1ccsc1C[NH+](C)C1CC[NH+](C)CC1. The van der Waals surface area contributed by atoms with Gasteiger partial charge in [0.15, 0.2) is 0 Å². The number of hydrogen-bond donors (Lipinski definition) is 2. The first-order chi connectivity index (χ1) is 7.66. The lowest BCUT2D eigenvalue weighted by molar-refractivity contribution is -0.948. The number of quaternary nitrogens is 2. The van der Waals surface area contributed by atoms with E-state index < -0.39 is 0 Å². The van der Waals surface area contributed by atoms with Crippen molar-refractivity contribution < 1.29 is 9.80 Å². The van der Waals surface area contributed by atoms with Crippen LogP contribution in [0.1, 0.15) is 23.3 Å².